The maximum atomic E-state index is 12.9. The molecule has 2 aliphatic rings. The number of carbonyl (C=O) groups excluding carboxylic acids is 1. The second-order valence-corrected chi connectivity index (χ2v) is 9.00. The van der Waals surface area contributed by atoms with Gasteiger partial charge in [0.15, 0.2) is 5.17 Å². The van der Waals surface area contributed by atoms with Crippen LogP contribution in [0.5, 0.6) is 0 Å². The second kappa shape index (κ2) is 8.67. The topological polar surface area (TPSA) is 97.2 Å². The molecule has 1 aliphatic carbocycles. The Labute approximate surface area is 180 Å². The number of rotatable bonds is 4. The molecule has 0 unspecified atom stereocenters. The van der Waals surface area contributed by atoms with Gasteiger partial charge in [-0.3, -0.25) is 9.79 Å². The molecular weight excluding hydrogens is 400 g/mol. The van der Waals surface area contributed by atoms with Crippen LogP contribution in [-0.2, 0) is 4.79 Å². The molecule has 0 aromatic heterocycles. The van der Waals surface area contributed by atoms with Gasteiger partial charge < -0.3 is 25.7 Å². The van der Waals surface area contributed by atoms with Gasteiger partial charge in [-0.1, -0.05) is 30.0 Å². The summed E-state index contributed by atoms with van der Waals surface area (Å²) in [6.07, 6.45) is -1.77. The maximum absolute atomic E-state index is 12.9. The predicted molar refractivity (Wildman–Crippen MR) is 122 cm³/mol. The molecule has 4 rings (SSSR count). The summed E-state index contributed by atoms with van der Waals surface area (Å²) in [6.45, 7) is 0. The van der Waals surface area contributed by atoms with Gasteiger partial charge in [0.05, 0.1) is 18.1 Å². The minimum atomic E-state index is -0.987. The summed E-state index contributed by atoms with van der Waals surface area (Å²) in [5.74, 6) is -0.626. The van der Waals surface area contributed by atoms with Crippen molar-refractivity contribution in [2.24, 2.45) is 10.9 Å². The minimum Gasteiger partial charge on any atom is -0.390 e. The number of benzene rings is 2. The molecular formula is C22H26N4O3S. The van der Waals surface area contributed by atoms with Gasteiger partial charge in [0.25, 0.3) is 0 Å². The third kappa shape index (κ3) is 4.30. The first-order chi connectivity index (χ1) is 14.4. The molecule has 30 heavy (non-hydrogen) atoms. The molecule has 1 fully saturated rings. The lowest BCUT2D eigenvalue weighted by Gasteiger charge is -2.37. The van der Waals surface area contributed by atoms with Gasteiger partial charge in [-0.25, -0.2) is 0 Å². The van der Waals surface area contributed by atoms with Gasteiger partial charge >= 0.3 is 0 Å². The fraction of sp³-hybridized carbons (Fsp3) is 0.364. The van der Waals surface area contributed by atoms with Crippen molar-refractivity contribution in [2.45, 2.75) is 29.9 Å². The highest BCUT2D eigenvalue weighted by Gasteiger charge is 2.50. The zero-order valence-electron chi connectivity index (χ0n) is 16.9. The SMILES string of the molecule is CN(C)c1ccc(NC2=N[C@@H]3[C@@H](O)[C@H](O)C[C@H](C(=O)Nc4ccccc4)[C@H]3S2)cc1. The zero-order valence-corrected chi connectivity index (χ0v) is 17.7. The van der Waals surface area contributed by atoms with Crippen molar-refractivity contribution in [3.63, 3.8) is 0 Å². The number of anilines is 3. The van der Waals surface area contributed by atoms with Crippen LogP contribution in [0.15, 0.2) is 59.6 Å². The monoisotopic (exact) mass is 426 g/mol. The van der Waals surface area contributed by atoms with E-state index in [0.717, 1.165) is 11.4 Å². The first-order valence-electron chi connectivity index (χ1n) is 9.93. The van der Waals surface area contributed by atoms with E-state index >= 15 is 0 Å². The van der Waals surface area contributed by atoms with Crippen LogP contribution in [0.3, 0.4) is 0 Å². The molecule has 1 saturated carbocycles. The molecule has 1 aliphatic heterocycles. The number of nitrogens with zero attached hydrogens (tertiary/aromatic N) is 2. The molecule has 5 atom stereocenters. The Morgan fingerprint density at radius 1 is 1.07 bits per heavy atom. The highest BCUT2D eigenvalue weighted by molar-refractivity contribution is 8.15. The van der Waals surface area contributed by atoms with Crippen LogP contribution in [0.4, 0.5) is 17.1 Å². The number of hydrogen-bond acceptors (Lipinski definition) is 7. The first-order valence-corrected chi connectivity index (χ1v) is 10.8. The van der Waals surface area contributed by atoms with E-state index in [9.17, 15) is 15.0 Å². The highest BCUT2D eigenvalue weighted by atomic mass is 32.2. The van der Waals surface area contributed by atoms with Gasteiger partial charge in [0, 0.05) is 36.4 Å². The van der Waals surface area contributed by atoms with Crippen LogP contribution in [0.1, 0.15) is 6.42 Å². The largest absolute Gasteiger partial charge is 0.390 e. The molecule has 0 saturated heterocycles. The van der Waals surface area contributed by atoms with Crippen LogP contribution < -0.4 is 15.5 Å². The molecule has 7 nitrogen and oxygen atoms in total. The Hall–Kier alpha value is -2.55. The summed E-state index contributed by atoms with van der Waals surface area (Å²) < 4.78 is 0. The Balaban J connectivity index is 1.48. The van der Waals surface area contributed by atoms with E-state index < -0.39 is 24.2 Å². The number of amides is 1. The standard InChI is InChI=1S/C22H26N4O3S/c1-26(2)15-10-8-14(9-11-15)24-22-25-18-19(28)17(27)12-16(20(18)30-22)21(29)23-13-6-4-3-5-7-13/h3-11,16-20,27-28H,12H2,1-2H3,(H,23,29)(H,24,25)/t16-,17+,18+,19-,20+/m0/s1. The van der Waals surface area contributed by atoms with Crippen molar-refractivity contribution in [3.8, 4) is 0 Å². The van der Waals surface area contributed by atoms with Crippen molar-refractivity contribution >= 4 is 39.9 Å². The van der Waals surface area contributed by atoms with Gasteiger partial charge in [-0.05, 0) is 42.8 Å². The number of thioether (sulfide) groups is 1. The van der Waals surface area contributed by atoms with Crippen LogP contribution in [0, 0.1) is 5.92 Å². The van der Waals surface area contributed by atoms with Crippen molar-refractivity contribution in [3.05, 3.63) is 54.6 Å². The van der Waals surface area contributed by atoms with Gasteiger partial charge in [0.2, 0.25) is 5.91 Å². The Bertz CT molecular complexity index is 920. The minimum absolute atomic E-state index is 0.165. The van der Waals surface area contributed by atoms with Gasteiger partial charge in [-0.2, -0.15) is 0 Å². The number of amidine groups is 1. The summed E-state index contributed by atoms with van der Waals surface area (Å²) in [4.78, 5) is 19.6. The van der Waals surface area contributed by atoms with Crippen molar-refractivity contribution in [1.29, 1.82) is 0 Å². The van der Waals surface area contributed by atoms with Crippen molar-refractivity contribution < 1.29 is 15.0 Å². The average molecular weight is 427 g/mol. The normalized spacial score (nSPS) is 27.7. The Morgan fingerprint density at radius 3 is 2.43 bits per heavy atom. The van der Waals surface area contributed by atoms with Crippen molar-refractivity contribution in [1.82, 2.24) is 0 Å². The van der Waals surface area contributed by atoms with E-state index in [0.29, 0.717) is 10.9 Å². The number of aliphatic hydroxyl groups excluding tert-OH is 2. The van der Waals surface area contributed by atoms with E-state index in [1.54, 1.807) is 0 Å². The number of aliphatic imine (C=N–C) groups is 1. The lowest BCUT2D eigenvalue weighted by molar-refractivity contribution is -0.124. The average Bonchev–Trinajstić information content (AvgIpc) is 3.15. The number of hydrogen-bond donors (Lipinski definition) is 4. The Kier molecular flexibility index (Phi) is 5.99. The zero-order chi connectivity index (χ0) is 21.3. The summed E-state index contributed by atoms with van der Waals surface area (Å²) in [5, 5.41) is 27.4. The van der Waals surface area contributed by atoms with E-state index in [1.165, 1.54) is 11.8 Å². The smallest absolute Gasteiger partial charge is 0.228 e. The van der Waals surface area contributed by atoms with Crippen LogP contribution >= 0.6 is 11.8 Å². The molecule has 0 bridgehead atoms. The quantitative estimate of drug-likeness (QED) is 0.599. The summed E-state index contributed by atoms with van der Waals surface area (Å²) in [7, 11) is 3.97. The molecule has 0 radical (unpaired) electrons. The molecule has 1 heterocycles. The van der Waals surface area contributed by atoms with E-state index in [-0.39, 0.29) is 17.6 Å². The Morgan fingerprint density at radius 2 is 1.77 bits per heavy atom. The molecule has 8 heteroatoms. The van der Waals surface area contributed by atoms with Gasteiger partial charge in [0.1, 0.15) is 6.10 Å². The van der Waals surface area contributed by atoms with E-state index in [4.69, 9.17) is 0 Å². The van der Waals surface area contributed by atoms with E-state index in [2.05, 4.69) is 15.6 Å². The van der Waals surface area contributed by atoms with Crippen molar-refractivity contribution in [2.75, 3.05) is 29.6 Å². The lowest BCUT2D eigenvalue weighted by Crippen LogP contribution is -2.52. The van der Waals surface area contributed by atoms with Crippen LogP contribution in [0.2, 0.25) is 0 Å². The number of para-hydroxylation sites is 1. The predicted octanol–water partition coefficient (Wildman–Crippen LogP) is 2.38. The lowest BCUT2D eigenvalue weighted by atomic mass is 9.81. The summed E-state index contributed by atoms with van der Waals surface area (Å²) in [5.41, 5.74) is 2.68. The molecule has 1 amide bonds. The molecule has 2 aromatic carbocycles. The first kappa shape index (κ1) is 20.7. The number of nitrogens with one attached hydrogen (secondary N) is 2. The number of fused-ring (bicyclic) bond motifs is 1. The maximum Gasteiger partial charge on any atom is 0.228 e. The number of carbonyl (C=O) groups is 1. The van der Waals surface area contributed by atoms with Crippen LogP contribution in [0.25, 0.3) is 0 Å². The summed E-state index contributed by atoms with van der Waals surface area (Å²) in [6, 6.07) is 16.7. The second-order valence-electron chi connectivity index (χ2n) is 7.83. The number of aliphatic hydroxyl groups is 2. The molecule has 158 valence electrons. The molecule has 0 spiro atoms. The highest BCUT2D eigenvalue weighted by Crippen LogP contribution is 2.41. The molecule has 2 aromatic rings. The summed E-state index contributed by atoms with van der Waals surface area (Å²) >= 11 is 1.45. The van der Waals surface area contributed by atoms with E-state index in [1.807, 2.05) is 73.6 Å². The third-order valence-electron chi connectivity index (χ3n) is 5.50. The fourth-order valence-electron chi connectivity index (χ4n) is 3.83. The van der Waals surface area contributed by atoms with Gasteiger partial charge in [-0.15, -0.1) is 0 Å². The van der Waals surface area contributed by atoms with Crippen LogP contribution in [-0.4, -0.2) is 58.9 Å². The third-order valence-corrected chi connectivity index (χ3v) is 6.81. The molecule has 4 N–H and O–H groups in total. The fourth-order valence-corrected chi connectivity index (χ4v) is 5.21.